The number of fused-ring (bicyclic) bond motifs is 1. The summed E-state index contributed by atoms with van der Waals surface area (Å²) in [6.07, 6.45) is 1.52. The first kappa shape index (κ1) is 11.3. The summed E-state index contributed by atoms with van der Waals surface area (Å²) >= 11 is 6.71. The molecule has 1 aromatic carbocycles. The van der Waals surface area contributed by atoms with Crippen LogP contribution in [0.1, 0.15) is 10.5 Å². The van der Waals surface area contributed by atoms with Crippen LogP contribution in [0.15, 0.2) is 27.3 Å². The van der Waals surface area contributed by atoms with Crippen LogP contribution < -0.4 is 11.5 Å². The molecule has 1 heterocycles. The van der Waals surface area contributed by atoms with Crippen LogP contribution in [0.3, 0.4) is 0 Å². The fraction of sp³-hybridized carbons (Fsp3) is 0. The summed E-state index contributed by atoms with van der Waals surface area (Å²) in [6, 6.07) is 3.51. The molecule has 6 heteroatoms. The van der Waals surface area contributed by atoms with Gasteiger partial charge in [-0.3, -0.25) is 4.79 Å². The first-order valence-corrected chi connectivity index (χ1v) is 5.93. The van der Waals surface area contributed by atoms with Crippen molar-refractivity contribution in [3.8, 4) is 0 Å². The van der Waals surface area contributed by atoms with Crippen LogP contribution in [0.25, 0.3) is 10.8 Å². The SMILES string of the molecule is NC(=O)c1ncc(Br)c2c(N)ccc(Br)c12. The lowest BCUT2D eigenvalue weighted by atomic mass is 10.1. The summed E-state index contributed by atoms with van der Waals surface area (Å²) in [6.45, 7) is 0. The quantitative estimate of drug-likeness (QED) is 0.779. The highest BCUT2D eigenvalue weighted by Gasteiger charge is 2.15. The molecular weight excluding hydrogens is 338 g/mol. The Balaban J connectivity index is 3.03. The second-order valence-corrected chi connectivity index (χ2v) is 4.91. The van der Waals surface area contributed by atoms with Gasteiger partial charge in [-0.1, -0.05) is 15.9 Å². The largest absolute Gasteiger partial charge is 0.398 e. The maximum atomic E-state index is 11.3. The highest BCUT2D eigenvalue weighted by molar-refractivity contribution is 9.11. The van der Waals surface area contributed by atoms with E-state index in [9.17, 15) is 4.79 Å². The molecule has 0 aliphatic heterocycles. The van der Waals surface area contributed by atoms with Crippen LogP contribution in [-0.4, -0.2) is 10.9 Å². The Morgan fingerprint density at radius 3 is 2.50 bits per heavy atom. The number of carbonyl (C=O) groups excluding carboxylic acids is 1. The molecule has 0 saturated carbocycles. The van der Waals surface area contributed by atoms with Crippen molar-refractivity contribution in [1.29, 1.82) is 0 Å². The molecule has 4 nitrogen and oxygen atoms in total. The average molecular weight is 345 g/mol. The summed E-state index contributed by atoms with van der Waals surface area (Å²) in [4.78, 5) is 15.3. The van der Waals surface area contributed by atoms with Crippen molar-refractivity contribution < 1.29 is 4.79 Å². The molecule has 0 spiro atoms. The minimum atomic E-state index is -0.580. The summed E-state index contributed by atoms with van der Waals surface area (Å²) in [7, 11) is 0. The fourth-order valence-corrected chi connectivity index (χ4v) is 2.57. The van der Waals surface area contributed by atoms with Gasteiger partial charge >= 0.3 is 0 Å². The number of nitrogens with zero attached hydrogens (tertiary/aromatic N) is 1. The van der Waals surface area contributed by atoms with Crippen LogP contribution in [0.2, 0.25) is 0 Å². The molecule has 1 amide bonds. The molecule has 4 N–H and O–H groups in total. The van der Waals surface area contributed by atoms with Crippen molar-refractivity contribution in [3.05, 3.63) is 33.0 Å². The van der Waals surface area contributed by atoms with E-state index in [1.807, 2.05) is 0 Å². The van der Waals surface area contributed by atoms with Crippen molar-refractivity contribution in [3.63, 3.8) is 0 Å². The maximum absolute atomic E-state index is 11.3. The number of hydrogen-bond donors (Lipinski definition) is 2. The lowest BCUT2D eigenvalue weighted by molar-refractivity contribution is 0.0997. The summed E-state index contributed by atoms with van der Waals surface area (Å²) in [5.74, 6) is -0.580. The minimum absolute atomic E-state index is 0.206. The van der Waals surface area contributed by atoms with Crippen molar-refractivity contribution in [1.82, 2.24) is 4.98 Å². The van der Waals surface area contributed by atoms with Gasteiger partial charge < -0.3 is 11.5 Å². The number of rotatable bonds is 1. The van der Waals surface area contributed by atoms with Gasteiger partial charge in [-0.2, -0.15) is 0 Å². The van der Waals surface area contributed by atoms with Crippen LogP contribution >= 0.6 is 31.9 Å². The highest BCUT2D eigenvalue weighted by Crippen LogP contribution is 2.35. The Bertz CT molecular complexity index is 590. The predicted molar refractivity (Wildman–Crippen MR) is 70.1 cm³/mol. The molecule has 0 unspecified atom stereocenters. The maximum Gasteiger partial charge on any atom is 0.267 e. The first-order chi connectivity index (χ1) is 7.52. The molecule has 0 atom stereocenters. The van der Waals surface area contributed by atoms with Crippen LogP contribution in [0, 0.1) is 0 Å². The number of carbonyl (C=O) groups is 1. The Morgan fingerprint density at radius 2 is 1.88 bits per heavy atom. The van der Waals surface area contributed by atoms with E-state index in [1.54, 1.807) is 12.1 Å². The second kappa shape index (κ2) is 4.03. The van der Waals surface area contributed by atoms with Gasteiger partial charge in [0, 0.05) is 31.6 Å². The molecule has 0 aliphatic carbocycles. The molecule has 2 rings (SSSR count). The van der Waals surface area contributed by atoms with E-state index in [0.29, 0.717) is 11.1 Å². The monoisotopic (exact) mass is 343 g/mol. The molecule has 0 bridgehead atoms. The molecule has 16 heavy (non-hydrogen) atoms. The van der Waals surface area contributed by atoms with Gasteiger partial charge in [0.1, 0.15) is 5.69 Å². The third kappa shape index (κ3) is 1.68. The number of nitrogen functional groups attached to an aromatic ring is 1. The van der Waals surface area contributed by atoms with Crippen molar-refractivity contribution in [2.45, 2.75) is 0 Å². The Morgan fingerprint density at radius 1 is 1.19 bits per heavy atom. The molecular formula is C10H7Br2N3O. The third-order valence-corrected chi connectivity index (χ3v) is 3.46. The van der Waals surface area contributed by atoms with Crippen molar-refractivity contribution >= 4 is 54.2 Å². The zero-order valence-electron chi connectivity index (χ0n) is 8.00. The van der Waals surface area contributed by atoms with E-state index in [2.05, 4.69) is 36.8 Å². The summed E-state index contributed by atoms with van der Waals surface area (Å²) in [5.41, 5.74) is 11.9. The zero-order valence-corrected chi connectivity index (χ0v) is 11.2. The fourth-order valence-electron chi connectivity index (χ4n) is 1.52. The summed E-state index contributed by atoms with van der Waals surface area (Å²) < 4.78 is 1.46. The van der Waals surface area contributed by atoms with Gasteiger partial charge in [0.2, 0.25) is 0 Å². The highest BCUT2D eigenvalue weighted by atomic mass is 79.9. The van der Waals surface area contributed by atoms with Gasteiger partial charge in [-0.05, 0) is 28.1 Å². The lowest BCUT2D eigenvalue weighted by Crippen LogP contribution is -2.14. The third-order valence-electron chi connectivity index (χ3n) is 2.20. The van der Waals surface area contributed by atoms with E-state index in [4.69, 9.17) is 11.5 Å². The van der Waals surface area contributed by atoms with Gasteiger partial charge in [-0.25, -0.2) is 4.98 Å². The lowest BCUT2D eigenvalue weighted by Gasteiger charge is -2.09. The van der Waals surface area contributed by atoms with Gasteiger partial charge in [0.05, 0.1) is 0 Å². The number of primary amides is 1. The van der Waals surface area contributed by atoms with E-state index in [-0.39, 0.29) is 5.69 Å². The van der Waals surface area contributed by atoms with Gasteiger partial charge in [0.25, 0.3) is 5.91 Å². The molecule has 1 aromatic heterocycles. The van der Waals surface area contributed by atoms with Crippen LogP contribution in [0.5, 0.6) is 0 Å². The number of benzene rings is 1. The number of aromatic nitrogens is 1. The molecule has 82 valence electrons. The number of halogens is 2. The van der Waals surface area contributed by atoms with Gasteiger partial charge in [-0.15, -0.1) is 0 Å². The molecule has 0 aliphatic rings. The van der Waals surface area contributed by atoms with Crippen LogP contribution in [0.4, 0.5) is 5.69 Å². The summed E-state index contributed by atoms with van der Waals surface area (Å²) in [5, 5.41) is 1.36. The first-order valence-electron chi connectivity index (χ1n) is 4.34. The number of nitrogens with two attached hydrogens (primary N) is 2. The normalized spacial score (nSPS) is 10.6. The minimum Gasteiger partial charge on any atom is -0.398 e. The predicted octanol–water partition coefficient (Wildman–Crippen LogP) is 2.44. The zero-order chi connectivity index (χ0) is 11.9. The van der Waals surface area contributed by atoms with Crippen LogP contribution in [-0.2, 0) is 0 Å². The number of anilines is 1. The van der Waals surface area contributed by atoms with Crippen molar-refractivity contribution in [2.24, 2.45) is 5.73 Å². The average Bonchev–Trinajstić information content (AvgIpc) is 2.23. The van der Waals surface area contributed by atoms with Gasteiger partial charge in [0.15, 0.2) is 0 Å². The van der Waals surface area contributed by atoms with E-state index < -0.39 is 5.91 Å². The van der Waals surface area contributed by atoms with E-state index >= 15 is 0 Å². The number of hydrogen-bond acceptors (Lipinski definition) is 3. The Labute approximate surface area is 108 Å². The van der Waals surface area contributed by atoms with E-state index in [0.717, 1.165) is 14.3 Å². The topological polar surface area (TPSA) is 82.0 Å². The molecule has 0 radical (unpaired) electrons. The second-order valence-electron chi connectivity index (χ2n) is 3.21. The number of amides is 1. The standard InChI is InChI=1S/C10H7Br2N3O/c11-4-1-2-6(13)7-5(12)3-15-9(8(4)7)10(14)16/h1-3H,13H2,(H2,14,16). The number of pyridine rings is 1. The van der Waals surface area contributed by atoms with E-state index in [1.165, 1.54) is 6.20 Å². The molecule has 2 aromatic rings. The Kier molecular flexibility index (Phi) is 2.86. The Hall–Kier alpha value is -1.14. The van der Waals surface area contributed by atoms with Crippen molar-refractivity contribution in [2.75, 3.05) is 5.73 Å². The smallest absolute Gasteiger partial charge is 0.267 e. The molecule has 0 saturated heterocycles. The molecule has 0 fully saturated rings.